The average molecular weight is 589 g/mol. The molecule has 2 fully saturated rings. The van der Waals surface area contributed by atoms with Gasteiger partial charge in [-0.15, -0.1) is 0 Å². The Labute approximate surface area is 250 Å². The maximum absolute atomic E-state index is 13.6. The number of carbonyl (C=O) groups excluding carboxylic acids is 2. The molecule has 226 valence electrons. The number of nitro benzene ring substituents is 1. The number of methoxy groups -OCH3 is 1. The van der Waals surface area contributed by atoms with E-state index < -0.39 is 10.8 Å². The third-order valence-electron chi connectivity index (χ3n) is 7.68. The Bertz CT molecular complexity index is 1450. The number of nitrogens with zero attached hydrogens (tertiary/aromatic N) is 4. The van der Waals surface area contributed by atoms with E-state index in [0.717, 1.165) is 43.3 Å². The molecule has 43 heavy (non-hydrogen) atoms. The molecule has 2 heterocycles. The van der Waals surface area contributed by atoms with Gasteiger partial charge in [0.15, 0.2) is 0 Å². The summed E-state index contributed by atoms with van der Waals surface area (Å²) in [5.41, 5.74) is 2.66. The number of hydrogen-bond donors (Lipinski definition) is 2. The second-order valence-corrected chi connectivity index (χ2v) is 10.3. The third-order valence-corrected chi connectivity index (χ3v) is 7.68. The van der Waals surface area contributed by atoms with Crippen LogP contribution in [0.5, 0.6) is 5.75 Å². The van der Waals surface area contributed by atoms with Crippen LogP contribution in [0.4, 0.5) is 22.7 Å². The second kappa shape index (κ2) is 14.0. The molecule has 0 atom stereocenters. The van der Waals surface area contributed by atoms with Gasteiger partial charge in [-0.05, 0) is 36.4 Å². The van der Waals surface area contributed by atoms with Crippen molar-refractivity contribution >= 4 is 34.6 Å². The number of amides is 2. The van der Waals surface area contributed by atoms with Gasteiger partial charge in [-0.3, -0.25) is 24.6 Å². The number of para-hydroxylation sites is 2. The molecule has 2 aliphatic heterocycles. The molecule has 0 aromatic heterocycles. The van der Waals surface area contributed by atoms with Gasteiger partial charge in [0.1, 0.15) is 5.75 Å². The van der Waals surface area contributed by atoms with Gasteiger partial charge in [0.05, 0.1) is 36.5 Å². The standard InChI is InChI=1S/C31H36N6O6/c1-42-29-8-3-2-7-28(29)36-15-13-35(14-16-36)27-10-9-24(33-30(38)23-5-4-6-25(21-23)37(40)41)22-26(27)31(39)32-11-12-34-17-19-43-20-18-34/h2-10,21-22H,11-20H2,1H3,(H,32,39)(H,33,38). The van der Waals surface area contributed by atoms with E-state index >= 15 is 0 Å². The molecule has 0 aliphatic carbocycles. The molecule has 2 saturated heterocycles. The van der Waals surface area contributed by atoms with Crippen molar-refractivity contribution < 1.29 is 24.0 Å². The third kappa shape index (κ3) is 7.40. The van der Waals surface area contributed by atoms with Crippen molar-refractivity contribution in [3.63, 3.8) is 0 Å². The highest BCUT2D eigenvalue weighted by atomic mass is 16.6. The molecule has 0 spiro atoms. The largest absolute Gasteiger partial charge is 0.495 e. The number of carbonyl (C=O) groups is 2. The molecule has 2 aliphatic rings. The van der Waals surface area contributed by atoms with Crippen LogP contribution in [0.1, 0.15) is 20.7 Å². The minimum Gasteiger partial charge on any atom is -0.495 e. The van der Waals surface area contributed by atoms with Crippen LogP contribution in [0.15, 0.2) is 66.7 Å². The molecular formula is C31H36N6O6. The first-order chi connectivity index (χ1) is 20.9. The van der Waals surface area contributed by atoms with E-state index in [2.05, 4.69) is 25.3 Å². The fraction of sp³-hybridized carbons (Fsp3) is 0.355. The van der Waals surface area contributed by atoms with Crippen molar-refractivity contribution in [2.45, 2.75) is 0 Å². The van der Waals surface area contributed by atoms with Gasteiger partial charge in [0.2, 0.25) is 0 Å². The zero-order valence-corrected chi connectivity index (χ0v) is 24.2. The van der Waals surface area contributed by atoms with Crippen LogP contribution in [-0.4, -0.2) is 94.3 Å². The summed E-state index contributed by atoms with van der Waals surface area (Å²) in [6.07, 6.45) is 0. The van der Waals surface area contributed by atoms with Crippen LogP contribution >= 0.6 is 0 Å². The summed E-state index contributed by atoms with van der Waals surface area (Å²) in [5, 5.41) is 17.0. The van der Waals surface area contributed by atoms with Gasteiger partial charge in [-0.2, -0.15) is 0 Å². The van der Waals surface area contributed by atoms with Gasteiger partial charge >= 0.3 is 0 Å². The summed E-state index contributed by atoms with van der Waals surface area (Å²) in [6, 6.07) is 18.7. The van der Waals surface area contributed by atoms with E-state index in [1.54, 1.807) is 19.2 Å². The number of morpholine rings is 1. The lowest BCUT2D eigenvalue weighted by Crippen LogP contribution is -2.47. The number of non-ortho nitro benzene ring substituents is 1. The summed E-state index contributed by atoms with van der Waals surface area (Å²) in [7, 11) is 1.67. The number of rotatable bonds is 10. The minimum absolute atomic E-state index is 0.155. The molecule has 5 rings (SSSR count). The van der Waals surface area contributed by atoms with E-state index in [1.807, 2.05) is 30.3 Å². The normalized spacial score (nSPS) is 15.6. The maximum Gasteiger partial charge on any atom is 0.270 e. The van der Waals surface area contributed by atoms with Crippen molar-refractivity contribution in [2.75, 3.05) is 87.8 Å². The predicted molar refractivity (Wildman–Crippen MR) is 165 cm³/mol. The number of ether oxygens (including phenoxy) is 2. The fourth-order valence-corrected chi connectivity index (χ4v) is 5.36. The first kappa shape index (κ1) is 29.8. The molecule has 12 nitrogen and oxygen atoms in total. The Morgan fingerprint density at radius 3 is 2.33 bits per heavy atom. The van der Waals surface area contributed by atoms with Crippen molar-refractivity contribution in [3.8, 4) is 5.75 Å². The van der Waals surface area contributed by atoms with Gasteiger partial charge in [-0.25, -0.2) is 0 Å². The molecule has 12 heteroatoms. The monoisotopic (exact) mass is 588 g/mol. The predicted octanol–water partition coefficient (Wildman–Crippen LogP) is 3.24. The zero-order valence-electron chi connectivity index (χ0n) is 24.2. The Kier molecular flexibility index (Phi) is 9.70. The summed E-state index contributed by atoms with van der Waals surface area (Å²) in [6.45, 7) is 7.07. The lowest BCUT2D eigenvalue weighted by atomic mass is 10.1. The first-order valence-corrected chi connectivity index (χ1v) is 14.3. The Morgan fingerprint density at radius 2 is 1.60 bits per heavy atom. The molecule has 3 aromatic rings. The number of nitro groups is 1. The molecule has 2 amide bonds. The van der Waals surface area contributed by atoms with Crippen LogP contribution in [0.25, 0.3) is 0 Å². The fourth-order valence-electron chi connectivity index (χ4n) is 5.36. The Hall–Kier alpha value is -4.68. The quantitative estimate of drug-likeness (QED) is 0.271. The highest BCUT2D eigenvalue weighted by molar-refractivity contribution is 6.06. The number of hydrogen-bond acceptors (Lipinski definition) is 9. The van der Waals surface area contributed by atoms with Gasteiger partial charge in [0, 0.05) is 81.4 Å². The van der Waals surface area contributed by atoms with E-state index in [-0.39, 0.29) is 17.2 Å². The molecular weight excluding hydrogens is 552 g/mol. The van der Waals surface area contributed by atoms with Crippen molar-refractivity contribution in [3.05, 3.63) is 88.0 Å². The summed E-state index contributed by atoms with van der Waals surface area (Å²) < 4.78 is 11.0. The van der Waals surface area contributed by atoms with E-state index in [9.17, 15) is 19.7 Å². The number of anilines is 3. The molecule has 0 saturated carbocycles. The highest BCUT2D eigenvalue weighted by Crippen LogP contribution is 2.31. The van der Waals surface area contributed by atoms with Crippen LogP contribution in [0.3, 0.4) is 0 Å². The van der Waals surface area contributed by atoms with Crippen LogP contribution < -0.4 is 25.2 Å². The maximum atomic E-state index is 13.6. The van der Waals surface area contributed by atoms with E-state index in [0.29, 0.717) is 50.6 Å². The average Bonchev–Trinajstić information content (AvgIpc) is 3.05. The first-order valence-electron chi connectivity index (χ1n) is 14.3. The van der Waals surface area contributed by atoms with Gasteiger partial charge in [-0.1, -0.05) is 18.2 Å². The lowest BCUT2D eigenvalue weighted by Gasteiger charge is -2.38. The molecule has 0 unspecified atom stereocenters. The lowest BCUT2D eigenvalue weighted by molar-refractivity contribution is -0.384. The number of nitrogens with one attached hydrogen (secondary N) is 2. The Balaban J connectivity index is 1.33. The SMILES string of the molecule is COc1ccccc1N1CCN(c2ccc(NC(=O)c3cccc([N+](=O)[O-])c3)cc2C(=O)NCCN2CCOCC2)CC1. The van der Waals surface area contributed by atoms with Gasteiger partial charge < -0.3 is 29.9 Å². The topological polar surface area (TPSA) is 130 Å². The molecule has 2 N–H and O–H groups in total. The highest BCUT2D eigenvalue weighted by Gasteiger charge is 2.24. The van der Waals surface area contributed by atoms with Crippen molar-refractivity contribution in [2.24, 2.45) is 0 Å². The van der Waals surface area contributed by atoms with Crippen LogP contribution in [0, 0.1) is 10.1 Å². The number of benzene rings is 3. The zero-order chi connectivity index (χ0) is 30.2. The Morgan fingerprint density at radius 1 is 0.884 bits per heavy atom. The van der Waals surface area contributed by atoms with E-state index in [4.69, 9.17) is 9.47 Å². The van der Waals surface area contributed by atoms with E-state index in [1.165, 1.54) is 24.3 Å². The van der Waals surface area contributed by atoms with Gasteiger partial charge in [0.25, 0.3) is 17.5 Å². The summed E-state index contributed by atoms with van der Waals surface area (Å²) in [4.78, 5) is 43.8. The molecule has 0 radical (unpaired) electrons. The molecule has 0 bridgehead atoms. The summed E-state index contributed by atoms with van der Waals surface area (Å²) >= 11 is 0. The van der Waals surface area contributed by atoms with Crippen LogP contribution in [0.2, 0.25) is 0 Å². The van der Waals surface area contributed by atoms with Crippen molar-refractivity contribution in [1.82, 2.24) is 10.2 Å². The smallest absolute Gasteiger partial charge is 0.270 e. The number of piperazine rings is 1. The molecule has 3 aromatic carbocycles. The van der Waals surface area contributed by atoms with Crippen LogP contribution in [-0.2, 0) is 4.74 Å². The second-order valence-electron chi connectivity index (χ2n) is 10.3. The van der Waals surface area contributed by atoms with Crippen molar-refractivity contribution in [1.29, 1.82) is 0 Å². The summed E-state index contributed by atoms with van der Waals surface area (Å²) in [5.74, 6) is 0.0857. The minimum atomic E-state index is -0.543.